The molecule has 0 aliphatic rings. The lowest BCUT2D eigenvalue weighted by Gasteiger charge is -2.05. The summed E-state index contributed by atoms with van der Waals surface area (Å²) < 4.78 is 9.98. The summed E-state index contributed by atoms with van der Waals surface area (Å²) in [6, 6.07) is 0. The van der Waals surface area contributed by atoms with Crippen molar-refractivity contribution in [1.29, 1.82) is 0 Å². The van der Waals surface area contributed by atoms with Crippen molar-refractivity contribution >= 4 is 17.7 Å². The van der Waals surface area contributed by atoms with Crippen LogP contribution in [-0.2, 0) is 9.53 Å². The third-order valence-corrected chi connectivity index (χ3v) is 2.94. The Morgan fingerprint density at radius 1 is 1.60 bits per heavy atom. The molecule has 0 aliphatic heterocycles. The first-order valence-corrected chi connectivity index (χ1v) is 5.58. The smallest absolute Gasteiger partial charge is 0.306 e. The standard InChI is InChI=1S/C10H15NO3S/c1-6(5-9(12)13-4)15-10-11-7(2)8(3)14-10/h6H,5H2,1-4H3. The number of carbonyl (C=O) groups is 1. The largest absolute Gasteiger partial charge is 0.469 e. The molecule has 1 rings (SSSR count). The van der Waals surface area contributed by atoms with E-state index in [0.29, 0.717) is 11.6 Å². The zero-order valence-corrected chi connectivity index (χ0v) is 10.2. The number of methoxy groups -OCH3 is 1. The van der Waals surface area contributed by atoms with Crippen LogP contribution >= 0.6 is 11.8 Å². The highest BCUT2D eigenvalue weighted by Crippen LogP contribution is 2.26. The minimum Gasteiger partial charge on any atom is -0.469 e. The number of thioether (sulfide) groups is 1. The molecule has 1 aromatic heterocycles. The molecule has 0 aromatic carbocycles. The molecule has 1 atom stereocenters. The van der Waals surface area contributed by atoms with E-state index in [1.54, 1.807) is 0 Å². The van der Waals surface area contributed by atoms with Gasteiger partial charge >= 0.3 is 5.97 Å². The van der Waals surface area contributed by atoms with Gasteiger partial charge in [0.1, 0.15) is 5.76 Å². The minimum atomic E-state index is -0.213. The van der Waals surface area contributed by atoms with E-state index in [4.69, 9.17) is 4.42 Å². The maximum Gasteiger partial charge on any atom is 0.306 e. The molecule has 0 saturated carbocycles. The fraction of sp³-hybridized carbons (Fsp3) is 0.600. The van der Waals surface area contributed by atoms with Crippen LogP contribution in [0.4, 0.5) is 0 Å². The van der Waals surface area contributed by atoms with Crippen LogP contribution in [-0.4, -0.2) is 23.3 Å². The number of aromatic nitrogens is 1. The van der Waals surface area contributed by atoms with Gasteiger partial charge in [0.25, 0.3) is 5.22 Å². The van der Waals surface area contributed by atoms with Gasteiger partial charge in [-0.1, -0.05) is 18.7 Å². The van der Waals surface area contributed by atoms with Crippen molar-refractivity contribution in [1.82, 2.24) is 4.98 Å². The number of ether oxygens (including phenoxy) is 1. The summed E-state index contributed by atoms with van der Waals surface area (Å²) in [4.78, 5) is 15.2. The predicted molar refractivity (Wildman–Crippen MR) is 57.9 cm³/mol. The van der Waals surface area contributed by atoms with Gasteiger partial charge in [-0.2, -0.15) is 0 Å². The first-order valence-electron chi connectivity index (χ1n) is 4.70. The molecular weight excluding hydrogens is 214 g/mol. The van der Waals surface area contributed by atoms with Crippen molar-refractivity contribution in [2.24, 2.45) is 0 Å². The van der Waals surface area contributed by atoms with E-state index in [1.807, 2.05) is 20.8 Å². The SMILES string of the molecule is COC(=O)CC(C)Sc1nc(C)c(C)o1. The van der Waals surface area contributed by atoms with Crippen LogP contribution in [0.3, 0.4) is 0 Å². The van der Waals surface area contributed by atoms with Gasteiger partial charge in [0, 0.05) is 5.25 Å². The first-order chi connectivity index (χ1) is 7.02. The normalized spacial score (nSPS) is 12.5. The van der Waals surface area contributed by atoms with Gasteiger partial charge < -0.3 is 9.15 Å². The second-order valence-corrected chi connectivity index (χ2v) is 4.72. The molecule has 84 valence electrons. The summed E-state index contributed by atoms with van der Waals surface area (Å²) in [5.41, 5.74) is 0.891. The molecule has 0 radical (unpaired) electrons. The van der Waals surface area contributed by atoms with Crippen molar-refractivity contribution < 1.29 is 13.9 Å². The second kappa shape index (κ2) is 5.21. The highest BCUT2D eigenvalue weighted by Gasteiger charge is 2.14. The molecule has 4 nitrogen and oxygen atoms in total. The molecule has 5 heteroatoms. The topological polar surface area (TPSA) is 52.3 Å². The third kappa shape index (κ3) is 3.58. The van der Waals surface area contributed by atoms with Gasteiger partial charge in [-0.05, 0) is 13.8 Å². The molecule has 0 aliphatic carbocycles. The average Bonchev–Trinajstić information content (AvgIpc) is 2.45. The lowest BCUT2D eigenvalue weighted by Crippen LogP contribution is -2.08. The number of esters is 1. The van der Waals surface area contributed by atoms with Crippen molar-refractivity contribution in [2.75, 3.05) is 7.11 Å². The van der Waals surface area contributed by atoms with Crippen molar-refractivity contribution in [2.45, 2.75) is 37.7 Å². The minimum absolute atomic E-state index is 0.106. The molecular formula is C10H15NO3S. The Bertz CT molecular complexity index is 329. The van der Waals surface area contributed by atoms with Gasteiger partial charge in [0.15, 0.2) is 0 Å². The fourth-order valence-corrected chi connectivity index (χ4v) is 1.95. The second-order valence-electron chi connectivity index (χ2n) is 3.33. The van der Waals surface area contributed by atoms with Crippen LogP contribution in [0, 0.1) is 13.8 Å². The van der Waals surface area contributed by atoms with E-state index < -0.39 is 0 Å². The number of rotatable bonds is 4. The van der Waals surface area contributed by atoms with Crippen LogP contribution in [0.25, 0.3) is 0 Å². The summed E-state index contributed by atoms with van der Waals surface area (Å²) in [6.07, 6.45) is 0.363. The number of hydrogen-bond donors (Lipinski definition) is 0. The Morgan fingerprint density at radius 3 is 2.73 bits per heavy atom. The zero-order valence-electron chi connectivity index (χ0n) is 9.36. The lowest BCUT2D eigenvalue weighted by molar-refractivity contribution is -0.140. The predicted octanol–water partition coefficient (Wildman–Crippen LogP) is 2.34. The summed E-state index contributed by atoms with van der Waals surface area (Å²) in [7, 11) is 1.39. The van der Waals surface area contributed by atoms with E-state index >= 15 is 0 Å². The Labute approximate surface area is 93.4 Å². The van der Waals surface area contributed by atoms with E-state index in [2.05, 4.69) is 9.72 Å². The number of aryl methyl sites for hydroxylation is 2. The molecule has 0 fully saturated rings. The van der Waals surface area contributed by atoms with Gasteiger partial charge in [-0.15, -0.1) is 0 Å². The Hall–Kier alpha value is -0.970. The quantitative estimate of drug-likeness (QED) is 0.586. The molecule has 0 amide bonds. The van der Waals surface area contributed by atoms with Crippen LogP contribution in [0.2, 0.25) is 0 Å². The van der Waals surface area contributed by atoms with Crippen LogP contribution in [0.1, 0.15) is 24.8 Å². The molecule has 0 saturated heterocycles. The summed E-state index contributed by atoms with van der Waals surface area (Å²) in [5, 5.41) is 0.719. The lowest BCUT2D eigenvalue weighted by atomic mass is 10.3. The van der Waals surface area contributed by atoms with Crippen molar-refractivity contribution in [3.63, 3.8) is 0 Å². The zero-order chi connectivity index (χ0) is 11.4. The average molecular weight is 229 g/mol. The summed E-state index contributed by atoms with van der Waals surface area (Å²) in [5.74, 6) is 0.609. The third-order valence-electron chi connectivity index (χ3n) is 1.99. The van der Waals surface area contributed by atoms with Crippen molar-refractivity contribution in [3.05, 3.63) is 11.5 Å². The van der Waals surface area contributed by atoms with Gasteiger partial charge in [-0.3, -0.25) is 4.79 Å². The molecule has 1 unspecified atom stereocenters. The van der Waals surface area contributed by atoms with Crippen LogP contribution < -0.4 is 0 Å². The highest BCUT2D eigenvalue weighted by molar-refractivity contribution is 7.99. The molecule has 1 heterocycles. The Balaban J connectivity index is 2.51. The highest BCUT2D eigenvalue weighted by atomic mass is 32.2. The molecule has 1 aromatic rings. The van der Waals surface area contributed by atoms with E-state index in [9.17, 15) is 4.79 Å². The van der Waals surface area contributed by atoms with Gasteiger partial charge in [-0.25, -0.2) is 4.98 Å². The summed E-state index contributed by atoms with van der Waals surface area (Å²) >= 11 is 1.44. The Kier molecular flexibility index (Phi) is 4.20. The number of nitrogens with zero attached hydrogens (tertiary/aromatic N) is 1. The number of hydrogen-bond acceptors (Lipinski definition) is 5. The molecule has 0 N–H and O–H groups in total. The molecule has 15 heavy (non-hydrogen) atoms. The number of carbonyl (C=O) groups excluding carboxylic acids is 1. The molecule has 0 bridgehead atoms. The Morgan fingerprint density at radius 2 is 2.27 bits per heavy atom. The van der Waals surface area contributed by atoms with Gasteiger partial charge in [0.05, 0.1) is 19.2 Å². The fourth-order valence-electron chi connectivity index (χ4n) is 1.03. The molecule has 0 spiro atoms. The van der Waals surface area contributed by atoms with E-state index in [1.165, 1.54) is 18.9 Å². The maximum absolute atomic E-state index is 11.0. The van der Waals surface area contributed by atoms with Gasteiger partial charge in [0.2, 0.25) is 0 Å². The first kappa shape index (κ1) is 12.1. The van der Waals surface area contributed by atoms with Crippen LogP contribution in [0.15, 0.2) is 9.64 Å². The summed E-state index contributed by atoms with van der Waals surface area (Å²) in [6.45, 7) is 5.71. The maximum atomic E-state index is 11.0. The monoisotopic (exact) mass is 229 g/mol. The van der Waals surface area contributed by atoms with E-state index in [0.717, 1.165) is 11.5 Å². The van der Waals surface area contributed by atoms with Crippen molar-refractivity contribution in [3.8, 4) is 0 Å². The number of oxazole rings is 1. The van der Waals surface area contributed by atoms with Crippen LogP contribution in [0.5, 0.6) is 0 Å². The van der Waals surface area contributed by atoms with E-state index in [-0.39, 0.29) is 11.2 Å².